The van der Waals surface area contributed by atoms with Crippen LogP contribution in [0.5, 0.6) is 5.75 Å². The molecular formula is C17H28N2O. The van der Waals surface area contributed by atoms with Crippen LogP contribution in [0.4, 0.5) is 0 Å². The lowest BCUT2D eigenvalue weighted by Gasteiger charge is -2.27. The van der Waals surface area contributed by atoms with E-state index in [9.17, 15) is 5.11 Å². The summed E-state index contributed by atoms with van der Waals surface area (Å²) in [7, 11) is 0. The van der Waals surface area contributed by atoms with Gasteiger partial charge in [-0.05, 0) is 38.3 Å². The Labute approximate surface area is 123 Å². The number of aromatic hydroxyl groups is 1. The van der Waals surface area contributed by atoms with Crippen LogP contribution in [0.15, 0.2) is 18.2 Å². The smallest absolute Gasteiger partial charge is 0.120 e. The molecule has 2 N–H and O–H groups in total. The Kier molecular flexibility index (Phi) is 5.44. The zero-order valence-electron chi connectivity index (χ0n) is 13.0. The highest BCUT2D eigenvalue weighted by molar-refractivity contribution is 5.35. The Morgan fingerprint density at radius 1 is 1.40 bits per heavy atom. The molecule has 3 nitrogen and oxygen atoms in total. The normalized spacial score (nSPS) is 19.1. The molecule has 1 fully saturated rings. The standard InChI is InChI=1S/C17H28N2O/c1-13(2)10-19(12-16-5-4-8-18-16)11-15-9-14(3)6-7-17(15)20/h6-7,9,13,16,18,20H,4-5,8,10-12H2,1-3H3. The zero-order chi connectivity index (χ0) is 14.5. The molecule has 1 saturated heterocycles. The third-order valence-electron chi connectivity index (χ3n) is 3.89. The van der Waals surface area contributed by atoms with Crippen LogP contribution in [-0.4, -0.2) is 35.7 Å². The van der Waals surface area contributed by atoms with Crippen LogP contribution in [0.1, 0.15) is 37.8 Å². The first-order valence-electron chi connectivity index (χ1n) is 7.79. The summed E-state index contributed by atoms with van der Waals surface area (Å²) in [4.78, 5) is 2.47. The largest absolute Gasteiger partial charge is 0.508 e. The predicted octanol–water partition coefficient (Wildman–Crippen LogP) is 2.91. The van der Waals surface area contributed by atoms with E-state index < -0.39 is 0 Å². The van der Waals surface area contributed by atoms with Crippen LogP contribution in [0.2, 0.25) is 0 Å². The molecule has 0 aromatic heterocycles. The van der Waals surface area contributed by atoms with Crippen LogP contribution >= 0.6 is 0 Å². The van der Waals surface area contributed by atoms with E-state index in [1.54, 1.807) is 0 Å². The van der Waals surface area contributed by atoms with Gasteiger partial charge in [0.05, 0.1) is 0 Å². The van der Waals surface area contributed by atoms with E-state index in [-0.39, 0.29) is 0 Å². The molecule has 1 aliphatic heterocycles. The van der Waals surface area contributed by atoms with Crippen molar-refractivity contribution in [1.82, 2.24) is 10.2 Å². The second-order valence-electron chi connectivity index (χ2n) is 6.51. The maximum absolute atomic E-state index is 10.0. The Morgan fingerprint density at radius 3 is 2.85 bits per heavy atom. The first-order valence-corrected chi connectivity index (χ1v) is 7.79. The van der Waals surface area contributed by atoms with Gasteiger partial charge in [-0.2, -0.15) is 0 Å². The van der Waals surface area contributed by atoms with E-state index in [0.717, 1.165) is 31.7 Å². The summed E-state index contributed by atoms with van der Waals surface area (Å²) in [6, 6.07) is 6.49. The quantitative estimate of drug-likeness (QED) is 0.838. The number of benzene rings is 1. The van der Waals surface area contributed by atoms with Crippen molar-refractivity contribution < 1.29 is 5.11 Å². The van der Waals surface area contributed by atoms with E-state index in [0.29, 0.717) is 17.7 Å². The molecule has 0 radical (unpaired) electrons. The van der Waals surface area contributed by atoms with Crippen molar-refractivity contribution in [2.24, 2.45) is 5.92 Å². The molecule has 20 heavy (non-hydrogen) atoms. The summed E-state index contributed by atoms with van der Waals surface area (Å²) in [5.41, 5.74) is 2.25. The van der Waals surface area contributed by atoms with Crippen molar-refractivity contribution in [3.05, 3.63) is 29.3 Å². The summed E-state index contributed by atoms with van der Waals surface area (Å²) in [6.07, 6.45) is 2.56. The minimum Gasteiger partial charge on any atom is -0.508 e. The Bertz CT molecular complexity index is 425. The fraction of sp³-hybridized carbons (Fsp3) is 0.647. The summed E-state index contributed by atoms with van der Waals surface area (Å²) >= 11 is 0. The molecule has 0 aliphatic carbocycles. The van der Waals surface area contributed by atoms with Crippen LogP contribution in [0.3, 0.4) is 0 Å². The van der Waals surface area contributed by atoms with Gasteiger partial charge >= 0.3 is 0 Å². The fourth-order valence-corrected chi connectivity index (χ4v) is 3.03. The SMILES string of the molecule is Cc1ccc(O)c(CN(CC(C)C)CC2CCCN2)c1. The molecule has 0 saturated carbocycles. The first kappa shape index (κ1) is 15.3. The van der Waals surface area contributed by atoms with Gasteiger partial charge in [0.2, 0.25) is 0 Å². The van der Waals surface area contributed by atoms with Gasteiger partial charge in [0.25, 0.3) is 0 Å². The zero-order valence-corrected chi connectivity index (χ0v) is 13.0. The van der Waals surface area contributed by atoms with Crippen molar-refractivity contribution in [3.63, 3.8) is 0 Å². The number of nitrogens with zero attached hydrogens (tertiary/aromatic N) is 1. The fourth-order valence-electron chi connectivity index (χ4n) is 3.03. The van der Waals surface area contributed by atoms with Crippen LogP contribution in [0.25, 0.3) is 0 Å². The molecule has 0 amide bonds. The summed E-state index contributed by atoms with van der Waals surface area (Å²) in [5, 5.41) is 13.6. The van der Waals surface area contributed by atoms with E-state index in [1.807, 2.05) is 12.1 Å². The maximum Gasteiger partial charge on any atom is 0.120 e. The average Bonchev–Trinajstić information content (AvgIpc) is 2.86. The van der Waals surface area contributed by atoms with Crippen molar-refractivity contribution in [3.8, 4) is 5.75 Å². The molecule has 3 heteroatoms. The molecule has 0 spiro atoms. The van der Waals surface area contributed by atoms with Crippen molar-refractivity contribution >= 4 is 0 Å². The highest BCUT2D eigenvalue weighted by Crippen LogP contribution is 2.21. The van der Waals surface area contributed by atoms with Gasteiger partial charge < -0.3 is 10.4 Å². The Balaban J connectivity index is 2.03. The van der Waals surface area contributed by atoms with Crippen molar-refractivity contribution in [1.29, 1.82) is 0 Å². The van der Waals surface area contributed by atoms with Gasteiger partial charge in [0, 0.05) is 31.2 Å². The van der Waals surface area contributed by atoms with Crippen LogP contribution in [0, 0.1) is 12.8 Å². The van der Waals surface area contributed by atoms with Crippen molar-refractivity contribution in [2.75, 3.05) is 19.6 Å². The molecule has 112 valence electrons. The molecule has 1 atom stereocenters. The lowest BCUT2D eigenvalue weighted by molar-refractivity contribution is 0.214. The highest BCUT2D eigenvalue weighted by Gasteiger charge is 2.19. The number of nitrogens with one attached hydrogen (secondary N) is 1. The molecular weight excluding hydrogens is 248 g/mol. The second kappa shape index (κ2) is 7.09. The Hall–Kier alpha value is -1.06. The average molecular weight is 276 g/mol. The molecule has 1 aliphatic rings. The highest BCUT2D eigenvalue weighted by atomic mass is 16.3. The third kappa shape index (κ3) is 4.50. The van der Waals surface area contributed by atoms with E-state index in [4.69, 9.17) is 0 Å². The number of hydrogen-bond acceptors (Lipinski definition) is 3. The number of phenolic OH excluding ortho intramolecular Hbond substituents is 1. The van der Waals surface area contributed by atoms with Crippen LogP contribution in [-0.2, 0) is 6.54 Å². The summed E-state index contributed by atoms with van der Waals surface area (Å²) in [6.45, 7) is 10.7. The summed E-state index contributed by atoms with van der Waals surface area (Å²) in [5.74, 6) is 1.06. The number of aryl methyl sites for hydroxylation is 1. The van der Waals surface area contributed by atoms with Crippen molar-refractivity contribution in [2.45, 2.75) is 46.2 Å². The number of phenols is 1. The van der Waals surface area contributed by atoms with Gasteiger partial charge in [-0.15, -0.1) is 0 Å². The van der Waals surface area contributed by atoms with Crippen LogP contribution < -0.4 is 5.32 Å². The lowest BCUT2D eigenvalue weighted by Crippen LogP contribution is -2.39. The molecule has 1 aromatic carbocycles. The Morgan fingerprint density at radius 2 is 2.20 bits per heavy atom. The molecule has 1 aromatic rings. The molecule has 2 rings (SSSR count). The second-order valence-corrected chi connectivity index (χ2v) is 6.51. The molecule has 0 bridgehead atoms. The van der Waals surface area contributed by atoms with E-state index in [1.165, 1.54) is 18.4 Å². The van der Waals surface area contributed by atoms with Gasteiger partial charge in [-0.25, -0.2) is 0 Å². The van der Waals surface area contributed by atoms with Gasteiger partial charge in [0.15, 0.2) is 0 Å². The topological polar surface area (TPSA) is 35.5 Å². The van der Waals surface area contributed by atoms with Gasteiger partial charge in [-0.3, -0.25) is 4.90 Å². The first-order chi connectivity index (χ1) is 9.54. The molecule has 1 unspecified atom stereocenters. The number of rotatable bonds is 6. The van der Waals surface area contributed by atoms with Gasteiger partial charge in [0.1, 0.15) is 5.75 Å². The van der Waals surface area contributed by atoms with E-state index >= 15 is 0 Å². The minimum atomic E-state index is 0.420. The third-order valence-corrected chi connectivity index (χ3v) is 3.89. The predicted molar refractivity (Wildman–Crippen MR) is 84.0 cm³/mol. The summed E-state index contributed by atoms with van der Waals surface area (Å²) < 4.78 is 0. The number of hydrogen-bond donors (Lipinski definition) is 2. The lowest BCUT2D eigenvalue weighted by atomic mass is 10.1. The molecule has 1 heterocycles. The maximum atomic E-state index is 10.0. The monoisotopic (exact) mass is 276 g/mol. The van der Waals surface area contributed by atoms with E-state index in [2.05, 4.69) is 37.1 Å². The van der Waals surface area contributed by atoms with Gasteiger partial charge in [-0.1, -0.05) is 31.5 Å². The minimum absolute atomic E-state index is 0.420.